The van der Waals surface area contributed by atoms with Crippen molar-refractivity contribution in [2.24, 2.45) is 11.1 Å². The first-order valence-corrected chi connectivity index (χ1v) is 5.31. The van der Waals surface area contributed by atoms with E-state index in [1.54, 1.807) is 6.92 Å². The van der Waals surface area contributed by atoms with Crippen molar-refractivity contribution < 1.29 is 9.59 Å². The molecule has 1 amide bonds. The van der Waals surface area contributed by atoms with E-state index in [1.807, 2.05) is 30.3 Å². The Hall–Kier alpha value is -1.64. The average molecular weight is 219 g/mol. The van der Waals surface area contributed by atoms with Gasteiger partial charge in [0.25, 0.3) is 0 Å². The molecule has 1 rings (SSSR count). The number of rotatable bonds is 5. The summed E-state index contributed by atoms with van der Waals surface area (Å²) in [6.07, 6.45) is 1.14. The molecule has 1 aromatic rings. The van der Waals surface area contributed by atoms with Gasteiger partial charge in [-0.25, -0.2) is 0 Å². The summed E-state index contributed by atoms with van der Waals surface area (Å²) in [5, 5.41) is 0. The number of hydrogen-bond acceptors (Lipinski definition) is 2. The van der Waals surface area contributed by atoms with E-state index < -0.39 is 11.3 Å². The molecule has 2 N–H and O–H groups in total. The molecular formula is C13H17NO2. The minimum atomic E-state index is -1.05. The van der Waals surface area contributed by atoms with Crippen LogP contribution < -0.4 is 5.73 Å². The van der Waals surface area contributed by atoms with E-state index in [-0.39, 0.29) is 5.78 Å². The quantitative estimate of drug-likeness (QED) is 0.766. The maximum atomic E-state index is 11.4. The lowest BCUT2D eigenvalue weighted by Crippen LogP contribution is -2.40. The zero-order chi connectivity index (χ0) is 12.2. The zero-order valence-corrected chi connectivity index (χ0v) is 9.69. The summed E-state index contributed by atoms with van der Waals surface area (Å²) in [4.78, 5) is 22.7. The van der Waals surface area contributed by atoms with Gasteiger partial charge in [-0.1, -0.05) is 30.3 Å². The lowest BCUT2D eigenvalue weighted by Gasteiger charge is -2.22. The number of nitrogens with two attached hydrogens (primary N) is 1. The van der Waals surface area contributed by atoms with Crippen molar-refractivity contribution >= 4 is 11.7 Å². The van der Waals surface area contributed by atoms with Crippen LogP contribution in [0.2, 0.25) is 0 Å². The van der Waals surface area contributed by atoms with Gasteiger partial charge >= 0.3 is 0 Å². The summed E-state index contributed by atoms with van der Waals surface area (Å²) in [6, 6.07) is 9.75. The maximum Gasteiger partial charge on any atom is 0.230 e. The summed E-state index contributed by atoms with van der Waals surface area (Å²) < 4.78 is 0. The molecule has 0 saturated carbocycles. The number of benzene rings is 1. The fraction of sp³-hybridized carbons (Fsp3) is 0.385. The highest BCUT2D eigenvalue weighted by Crippen LogP contribution is 2.24. The topological polar surface area (TPSA) is 60.2 Å². The van der Waals surface area contributed by atoms with Gasteiger partial charge in [-0.15, -0.1) is 0 Å². The Bertz CT molecular complexity index is 370. The second-order valence-electron chi connectivity index (χ2n) is 4.24. The van der Waals surface area contributed by atoms with Crippen LogP contribution in [0.25, 0.3) is 0 Å². The Kier molecular flexibility index (Phi) is 3.82. The summed E-state index contributed by atoms with van der Waals surface area (Å²) in [7, 11) is 0. The number of primary amides is 1. The predicted molar refractivity (Wildman–Crippen MR) is 62.7 cm³/mol. The maximum absolute atomic E-state index is 11.4. The molecule has 1 unspecified atom stereocenters. The molecule has 0 bridgehead atoms. The molecule has 0 aliphatic carbocycles. The van der Waals surface area contributed by atoms with Crippen molar-refractivity contribution in [3.8, 4) is 0 Å². The van der Waals surface area contributed by atoms with Crippen LogP contribution in [0.4, 0.5) is 0 Å². The molecule has 3 nitrogen and oxygen atoms in total. The molecule has 0 heterocycles. The van der Waals surface area contributed by atoms with Gasteiger partial charge in [0, 0.05) is 0 Å². The van der Waals surface area contributed by atoms with E-state index in [0.29, 0.717) is 12.8 Å². The standard InChI is InChI=1S/C13H17NO2/c1-10(15)13(2,12(14)16)9-8-11-6-4-3-5-7-11/h3-7H,8-9H2,1-2H3,(H2,14,16). The van der Waals surface area contributed by atoms with Crippen molar-refractivity contribution in [2.75, 3.05) is 0 Å². The van der Waals surface area contributed by atoms with Gasteiger partial charge in [-0.2, -0.15) is 0 Å². The molecular weight excluding hydrogens is 202 g/mol. The third-order valence-corrected chi connectivity index (χ3v) is 3.08. The molecule has 0 aliphatic heterocycles. The SMILES string of the molecule is CC(=O)C(C)(CCc1ccccc1)C(N)=O. The van der Waals surface area contributed by atoms with Crippen LogP contribution in [-0.2, 0) is 16.0 Å². The molecule has 0 aromatic heterocycles. The van der Waals surface area contributed by atoms with E-state index in [2.05, 4.69) is 0 Å². The van der Waals surface area contributed by atoms with Crippen molar-refractivity contribution in [2.45, 2.75) is 26.7 Å². The van der Waals surface area contributed by atoms with Gasteiger partial charge in [-0.05, 0) is 32.3 Å². The zero-order valence-electron chi connectivity index (χ0n) is 9.69. The molecule has 0 spiro atoms. The minimum absolute atomic E-state index is 0.170. The van der Waals surface area contributed by atoms with E-state index in [1.165, 1.54) is 6.92 Å². The molecule has 16 heavy (non-hydrogen) atoms. The number of hydrogen-bond donors (Lipinski definition) is 1. The average Bonchev–Trinajstić information content (AvgIpc) is 2.26. The smallest absolute Gasteiger partial charge is 0.230 e. The Morgan fingerprint density at radius 1 is 1.25 bits per heavy atom. The number of Topliss-reactive ketones (excluding diaryl/α,β-unsaturated/α-hetero) is 1. The molecule has 86 valence electrons. The summed E-state index contributed by atoms with van der Waals surface area (Å²) in [5.74, 6) is -0.716. The molecule has 0 aliphatic rings. The van der Waals surface area contributed by atoms with E-state index in [0.717, 1.165) is 5.56 Å². The fourth-order valence-corrected chi connectivity index (χ4v) is 1.51. The van der Waals surface area contributed by atoms with Gasteiger partial charge in [0.05, 0.1) is 0 Å². The van der Waals surface area contributed by atoms with Crippen LogP contribution in [-0.4, -0.2) is 11.7 Å². The van der Waals surface area contributed by atoms with E-state index in [4.69, 9.17) is 5.73 Å². The lowest BCUT2D eigenvalue weighted by molar-refractivity contribution is -0.138. The number of amides is 1. The second kappa shape index (κ2) is 4.92. The van der Waals surface area contributed by atoms with Crippen LogP contribution in [0.3, 0.4) is 0 Å². The minimum Gasteiger partial charge on any atom is -0.369 e. The van der Waals surface area contributed by atoms with E-state index in [9.17, 15) is 9.59 Å². The predicted octanol–water partition coefficient (Wildman–Crippen LogP) is 1.70. The summed E-state index contributed by atoms with van der Waals surface area (Å²) in [6.45, 7) is 3.02. The van der Waals surface area contributed by atoms with Crippen molar-refractivity contribution in [3.05, 3.63) is 35.9 Å². The molecule has 1 atom stereocenters. The van der Waals surface area contributed by atoms with Crippen LogP contribution in [0.5, 0.6) is 0 Å². The third kappa shape index (κ3) is 2.69. The Morgan fingerprint density at radius 2 is 1.81 bits per heavy atom. The number of carbonyl (C=O) groups excluding carboxylic acids is 2. The van der Waals surface area contributed by atoms with Gasteiger partial charge in [0.1, 0.15) is 11.2 Å². The van der Waals surface area contributed by atoms with Crippen LogP contribution in [0, 0.1) is 5.41 Å². The van der Waals surface area contributed by atoms with E-state index >= 15 is 0 Å². The normalized spacial score (nSPS) is 14.1. The lowest BCUT2D eigenvalue weighted by atomic mass is 9.80. The van der Waals surface area contributed by atoms with Crippen LogP contribution in [0.15, 0.2) is 30.3 Å². The highest BCUT2D eigenvalue weighted by molar-refractivity contribution is 6.03. The highest BCUT2D eigenvalue weighted by atomic mass is 16.2. The Balaban J connectivity index is 2.72. The van der Waals surface area contributed by atoms with Crippen molar-refractivity contribution in [1.82, 2.24) is 0 Å². The highest BCUT2D eigenvalue weighted by Gasteiger charge is 2.35. The van der Waals surface area contributed by atoms with Gasteiger partial charge < -0.3 is 5.73 Å². The van der Waals surface area contributed by atoms with Gasteiger partial charge in [0.15, 0.2) is 0 Å². The largest absolute Gasteiger partial charge is 0.369 e. The first kappa shape index (κ1) is 12.4. The van der Waals surface area contributed by atoms with Gasteiger partial charge in [-0.3, -0.25) is 9.59 Å². The molecule has 0 saturated heterocycles. The molecule has 0 fully saturated rings. The number of aryl methyl sites for hydroxylation is 1. The molecule has 1 aromatic carbocycles. The number of ketones is 1. The molecule has 3 heteroatoms. The Labute approximate surface area is 95.6 Å². The summed E-state index contributed by atoms with van der Waals surface area (Å²) >= 11 is 0. The van der Waals surface area contributed by atoms with Gasteiger partial charge in [0.2, 0.25) is 5.91 Å². The van der Waals surface area contributed by atoms with Crippen LogP contribution >= 0.6 is 0 Å². The first-order valence-electron chi connectivity index (χ1n) is 5.31. The van der Waals surface area contributed by atoms with Crippen molar-refractivity contribution in [1.29, 1.82) is 0 Å². The summed E-state index contributed by atoms with van der Waals surface area (Å²) in [5.41, 5.74) is 5.34. The molecule has 0 radical (unpaired) electrons. The number of carbonyl (C=O) groups is 2. The monoisotopic (exact) mass is 219 g/mol. The van der Waals surface area contributed by atoms with Crippen molar-refractivity contribution in [3.63, 3.8) is 0 Å². The Morgan fingerprint density at radius 3 is 2.25 bits per heavy atom. The van der Waals surface area contributed by atoms with Crippen LogP contribution in [0.1, 0.15) is 25.8 Å². The third-order valence-electron chi connectivity index (χ3n) is 3.08. The second-order valence-corrected chi connectivity index (χ2v) is 4.24. The fourth-order valence-electron chi connectivity index (χ4n) is 1.51. The first-order chi connectivity index (χ1) is 7.47.